The number of hydrogen-bond donors (Lipinski definition) is 3. The van der Waals surface area contributed by atoms with Crippen LogP contribution in [0.5, 0.6) is 0 Å². The Balaban J connectivity index is 2.12. The third-order valence-corrected chi connectivity index (χ3v) is 4.01. The second-order valence-electron chi connectivity index (χ2n) is 5.39. The highest BCUT2D eigenvalue weighted by molar-refractivity contribution is 5.62. The summed E-state index contributed by atoms with van der Waals surface area (Å²) in [5.41, 5.74) is 3.68. The van der Waals surface area contributed by atoms with Crippen molar-refractivity contribution < 1.29 is 10.0 Å². The van der Waals surface area contributed by atoms with E-state index in [1.807, 2.05) is 0 Å². The number of hydrogen-bond acceptors (Lipinski definition) is 6. The second kappa shape index (κ2) is 7.35. The normalized spacial score (nSPS) is 19.4. The summed E-state index contributed by atoms with van der Waals surface area (Å²) < 4.78 is 0. The predicted octanol–water partition coefficient (Wildman–Crippen LogP) is 1.62. The van der Waals surface area contributed by atoms with Crippen LogP contribution in [0.4, 0.5) is 11.4 Å². The van der Waals surface area contributed by atoms with Crippen LogP contribution in [0.2, 0.25) is 0 Å². The van der Waals surface area contributed by atoms with Crippen molar-refractivity contribution in [3.8, 4) is 0 Å². The van der Waals surface area contributed by atoms with Gasteiger partial charge in [0.25, 0.3) is 5.69 Å². The van der Waals surface area contributed by atoms with E-state index in [2.05, 4.69) is 10.3 Å². The summed E-state index contributed by atoms with van der Waals surface area (Å²) in [5.74, 6) is 5.36. The van der Waals surface area contributed by atoms with Crippen molar-refractivity contribution in [3.05, 3.63) is 33.9 Å². The summed E-state index contributed by atoms with van der Waals surface area (Å²) in [7, 11) is 0. The van der Waals surface area contributed by atoms with Crippen molar-refractivity contribution in [1.82, 2.24) is 4.90 Å². The highest BCUT2D eigenvalue weighted by Crippen LogP contribution is 2.27. The Morgan fingerprint density at radius 3 is 2.95 bits per heavy atom. The number of nitrogens with one attached hydrogen (secondary N) is 1. The van der Waals surface area contributed by atoms with Crippen molar-refractivity contribution in [2.24, 2.45) is 5.84 Å². The number of nitro benzene ring substituents is 1. The third kappa shape index (κ3) is 3.90. The summed E-state index contributed by atoms with van der Waals surface area (Å²) in [5, 5.41) is 20.0. The first-order valence-corrected chi connectivity index (χ1v) is 7.24. The van der Waals surface area contributed by atoms with Crippen molar-refractivity contribution in [3.63, 3.8) is 0 Å². The van der Waals surface area contributed by atoms with Gasteiger partial charge in [-0.1, -0.05) is 12.5 Å². The van der Waals surface area contributed by atoms with Gasteiger partial charge >= 0.3 is 0 Å². The molecule has 1 heterocycles. The molecule has 1 aliphatic heterocycles. The number of likely N-dealkylation sites (tertiary alicyclic amines) is 1. The fourth-order valence-corrected chi connectivity index (χ4v) is 2.93. The lowest BCUT2D eigenvalue weighted by atomic mass is 9.98. The molecule has 0 aliphatic carbocycles. The van der Waals surface area contributed by atoms with Crippen molar-refractivity contribution in [2.75, 3.05) is 18.6 Å². The van der Waals surface area contributed by atoms with Gasteiger partial charge in [0.1, 0.15) is 5.69 Å². The Bertz CT molecular complexity index is 493. The van der Waals surface area contributed by atoms with Crippen molar-refractivity contribution >= 4 is 11.4 Å². The number of nitrogen functional groups attached to an aromatic ring is 1. The maximum Gasteiger partial charge on any atom is 0.293 e. The molecule has 1 fully saturated rings. The summed E-state index contributed by atoms with van der Waals surface area (Å²) in [4.78, 5) is 12.8. The topological polar surface area (TPSA) is 105 Å². The SMILES string of the molecule is NNc1cc(CN2CCCCC2CCO)ccc1[N+](=O)[O-]. The van der Waals surface area contributed by atoms with Gasteiger partial charge in [-0.15, -0.1) is 0 Å². The lowest BCUT2D eigenvalue weighted by molar-refractivity contribution is -0.384. The molecular formula is C14H22N4O3. The number of piperidine rings is 1. The largest absolute Gasteiger partial charge is 0.396 e. The molecule has 7 nitrogen and oxygen atoms in total. The number of anilines is 1. The van der Waals surface area contributed by atoms with Crippen LogP contribution >= 0.6 is 0 Å². The molecule has 0 radical (unpaired) electrons. The molecule has 116 valence electrons. The zero-order valence-corrected chi connectivity index (χ0v) is 12.0. The molecule has 1 aromatic rings. The molecule has 1 atom stereocenters. The number of aliphatic hydroxyl groups excluding tert-OH is 1. The molecule has 1 saturated heterocycles. The first-order chi connectivity index (χ1) is 10.2. The van der Waals surface area contributed by atoms with E-state index in [9.17, 15) is 10.1 Å². The van der Waals surface area contributed by atoms with Gasteiger partial charge in [-0.05, 0) is 37.4 Å². The van der Waals surface area contributed by atoms with Crippen LogP contribution in [-0.4, -0.2) is 34.1 Å². The first kappa shape index (κ1) is 15.7. The minimum Gasteiger partial charge on any atom is -0.396 e. The molecule has 4 N–H and O–H groups in total. The Morgan fingerprint density at radius 2 is 2.29 bits per heavy atom. The van der Waals surface area contributed by atoms with E-state index >= 15 is 0 Å². The highest BCUT2D eigenvalue weighted by Gasteiger charge is 2.22. The van der Waals surface area contributed by atoms with E-state index in [0.717, 1.165) is 37.9 Å². The Morgan fingerprint density at radius 1 is 1.48 bits per heavy atom. The zero-order chi connectivity index (χ0) is 15.2. The van der Waals surface area contributed by atoms with Gasteiger partial charge < -0.3 is 10.5 Å². The van der Waals surface area contributed by atoms with Gasteiger partial charge in [0.05, 0.1) is 4.92 Å². The molecule has 0 amide bonds. The maximum atomic E-state index is 10.9. The van der Waals surface area contributed by atoms with E-state index in [1.54, 1.807) is 12.1 Å². The van der Waals surface area contributed by atoms with Crippen LogP contribution in [0.3, 0.4) is 0 Å². The number of hydrazine groups is 1. The second-order valence-corrected chi connectivity index (χ2v) is 5.39. The van der Waals surface area contributed by atoms with Crippen LogP contribution in [-0.2, 0) is 6.54 Å². The van der Waals surface area contributed by atoms with E-state index in [0.29, 0.717) is 11.7 Å². The van der Waals surface area contributed by atoms with Crippen LogP contribution in [0.15, 0.2) is 18.2 Å². The van der Waals surface area contributed by atoms with Gasteiger partial charge in [-0.3, -0.25) is 20.9 Å². The predicted molar refractivity (Wildman–Crippen MR) is 80.7 cm³/mol. The quantitative estimate of drug-likeness (QED) is 0.418. The number of rotatable bonds is 6. The summed E-state index contributed by atoms with van der Waals surface area (Å²) in [6, 6.07) is 5.36. The van der Waals surface area contributed by atoms with Gasteiger partial charge in [-0.2, -0.15) is 0 Å². The molecule has 0 spiro atoms. The zero-order valence-electron chi connectivity index (χ0n) is 12.0. The third-order valence-electron chi connectivity index (χ3n) is 4.01. The van der Waals surface area contributed by atoms with Crippen LogP contribution in [0.25, 0.3) is 0 Å². The standard InChI is InChI=1S/C14H22N4O3/c15-16-13-9-11(4-5-14(13)18(20)21)10-17-7-2-1-3-12(17)6-8-19/h4-5,9,12,16,19H,1-3,6-8,10,15H2. The number of benzene rings is 1. The van der Waals surface area contributed by atoms with Gasteiger partial charge in [0, 0.05) is 25.3 Å². The van der Waals surface area contributed by atoms with Crippen LogP contribution < -0.4 is 11.3 Å². The molecule has 0 bridgehead atoms. The van der Waals surface area contributed by atoms with Gasteiger partial charge in [0.2, 0.25) is 0 Å². The fraction of sp³-hybridized carbons (Fsp3) is 0.571. The van der Waals surface area contributed by atoms with E-state index in [1.165, 1.54) is 12.5 Å². The molecule has 1 aromatic carbocycles. The monoisotopic (exact) mass is 294 g/mol. The average Bonchev–Trinajstić information content (AvgIpc) is 2.49. The first-order valence-electron chi connectivity index (χ1n) is 7.24. The molecular weight excluding hydrogens is 272 g/mol. The summed E-state index contributed by atoms with van der Waals surface area (Å²) in [6.07, 6.45) is 4.21. The van der Waals surface area contributed by atoms with Gasteiger partial charge in [0.15, 0.2) is 0 Å². The van der Waals surface area contributed by atoms with Crippen LogP contribution in [0.1, 0.15) is 31.2 Å². The van der Waals surface area contributed by atoms with E-state index in [4.69, 9.17) is 10.9 Å². The smallest absolute Gasteiger partial charge is 0.293 e. The fourth-order valence-electron chi connectivity index (χ4n) is 2.93. The number of nitro groups is 1. The molecule has 21 heavy (non-hydrogen) atoms. The molecule has 2 rings (SSSR count). The van der Waals surface area contributed by atoms with E-state index in [-0.39, 0.29) is 12.3 Å². The van der Waals surface area contributed by atoms with Gasteiger partial charge in [-0.25, -0.2) is 0 Å². The molecule has 7 heteroatoms. The Labute approximate surface area is 123 Å². The highest BCUT2D eigenvalue weighted by atomic mass is 16.6. The number of nitrogens with zero attached hydrogens (tertiary/aromatic N) is 2. The lowest BCUT2D eigenvalue weighted by Gasteiger charge is -2.35. The minimum absolute atomic E-state index is 0.0215. The van der Waals surface area contributed by atoms with Crippen LogP contribution in [0, 0.1) is 10.1 Å². The Hall–Kier alpha value is -1.70. The Kier molecular flexibility index (Phi) is 5.49. The molecule has 0 aromatic heterocycles. The number of aliphatic hydroxyl groups is 1. The lowest BCUT2D eigenvalue weighted by Crippen LogP contribution is -2.39. The van der Waals surface area contributed by atoms with Crippen molar-refractivity contribution in [2.45, 2.75) is 38.3 Å². The molecule has 0 saturated carbocycles. The maximum absolute atomic E-state index is 10.9. The number of nitrogens with two attached hydrogens (primary N) is 1. The van der Waals surface area contributed by atoms with E-state index < -0.39 is 4.92 Å². The summed E-state index contributed by atoms with van der Waals surface area (Å²) in [6.45, 7) is 1.90. The minimum atomic E-state index is -0.450. The van der Waals surface area contributed by atoms with Crippen molar-refractivity contribution in [1.29, 1.82) is 0 Å². The molecule has 1 unspecified atom stereocenters. The summed E-state index contributed by atoms with van der Waals surface area (Å²) >= 11 is 0. The molecule has 1 aliphatic rings. The average molecular weight is 294 g/mol.